The van der Waals surface area contributed by atoms with Crippen LogP contribution in [0.25, 0.3) is 10.9 Å². The highest BCUT2D eigenvalue weighted by atomic mass is 16.5. The number of carboxylic acids is 1. The molecule has 2 aliphatic rings. The van der Waals surface area contributed by atoms with Crippen LogP contribution in [0.3, 0.4) is 0 Å². The molecule has 0 radical (unpaired) electrons. The van der Waals surface area contributed by atoms with Crippen molar-refractivity contribution in [3.8, 4) is 5.75 Å². The lowest BCUT2D eigenvalue weighted by Gasteiger charge is -2.22. The molecular weight excluding hydrogens is 304 g/mol. The number of aromatic nitrogens is 1. The zero-order chi connectivity index (χ0) is 16.5. The molecule has 2 aromatic rings. The van der Waals surface area contributed by atoms with E-state index in [1.165, 1.54) is 32.1 Å². The van der Waals surface area contributed by atoms with Crippen LogP contribution in [0.4, 0.5) is 0 Å². The molecule has 5 heteroatoms. The van der Waals surface area contributed by atoms with Crippen molar-refractivity contribution in [3.05, 3.63) is 29.5 Å². The quantitative estimate of drug-likeness (QED) is 0.804. The predicted molar refractivity (Wildman–Crippen MR) is 92.5 cm³/mol. The number of fused-ring (bicyclic) bond motifs is 3. The molecule has 1 saturated carbocycles. The van der Waals surface area contributed by atoms with Crippen molar-refractivity contribution in [2.75, 3.05) is 13.2 Å². The third kappa shape index (κ3) is 2.88. The first kappa shape index (κ1) is 15.5. The Hall–Kier alpha value is -2.01. The second kappa shape index (κ2) is 6.48. The van der Waals surface area contributed by atoms with Crippen LogP contribution in [-0.2, 0) is 11.2 Å². The number of aromatic amines is 1. The van der Waals surface area contributed by atoms with E-state index in [0.717, 1.165) is 40.9 Å². The van der Waals surface area contributed by atoms with Gasteiger partial charge in [-0.2, -0.15) is 0 Å². The van der Waals surface area contributed by atoms with Gasteiger partial charge in [0.15, 0.2) is 0 Å². The summed E-state index contributed by atoms with van der Waals surface area (Å²) < 4.78 is 6.04. The van der Waals surface area contributed by atoms with Crippen LogP contribution in [0, 0.1) is 5.92 Å². The van der Waals surface area contributed by atoms with Gasteiger partial charge < -0.3 is 14.8 Å². The summed E-state index contributed by atoms with van der Waals surface area (Å²) in [4.78, 5) is 14.7. The minimum Gasteiger partial charge on any atom is -0.493 e. The first-order valence-corrected chi connectivity index (χ1v) is 8.96. The summed E-state index contributed by atoms with van der Waals surface area (Å²) in [6, 6.07) is 5.41. The van der Waals surface area contributed by atoms with Crippen LogP contribution >= 0.6 is 0 Å². The second-order valence-electron chi connectivity index (χ2n) is 7.02. The fourth-order valence-electron chi connectivity index (χ4n) is 4.08. The first-order valence-electron chi connectivity index (χ1n) is 8.96. The Bertz CT molecular complexity index is 746. The van der Waals surface area contributed by atoms with E-state index in [1.807, 2.05) is 12.1 Å². The van der Waals surface area contributed by atoms with E-state index >= 15 is 0 Å². The molecule has 3 N–H and O–H groups in total. The number of benzene rings is 1. The van der Waals surface area contributed by atoms with Crippen LogP contribution in [0.15, 0.2) is 18.2 Å². The molecular formula is C19H24N2O3. The SMILES string of the molecule is O=C(O)C1NCCc2c1[nH]c1ccc(OCC3CCCCC3)cc21. The lowest BCUT2D eigenvalue weighted by Crippen LogP contribution is -2.34. The number of ether oxygens (including phenoxy) is 1. The molecule has 2 heterocycles. The maximum absolute atomic E-state index is 11.4. The van der Waals surface area contributed by atoms with Gasteiger partial charge >= 0.3 is 5.97 Å². The minimum absolute atomic E-state index is 0.646. The summed E-state index contributed by atoms with van der Waals surface area (Å²) in [6.07, 6.45) is 7.38. The Morgan fingerprint density at radius 1 is 1.25 bits per heavy atom. The van der Waals surface area contributed by atoms with Gasteiger partial charge in [0.1, 0.15) is 11.8 Å². The van der Waals surface area contributed by atoms with Gasteiger partial charge in [-0.05, 0) is 48.9 Å². The highest BCUT2D eigenvalue weighted by Gasteiger charge is 2.29. The van der Waals surface area contributed by atoms with Gasteiger partial charge in [-0.1, -0.05) is 19.3 Å². The Kier molecular flexibility index (Phi) is 4.19. The van der Waals surface area contributed by atoms with Crippen LogP contribution in [0.5, 0.6) is 5.75 Å². The van der Waals surface area contributed by atoms with E-state index in [0.29, 0.717) is 12.5 Å². The number of hydrogen-bond donors (Lipinski definition) is 3. The van der Waals surface area contributed by atoms with Crippen molar-refractivity contribution >= 4 is 16.9 Å². The van der Waals surface area contributed by atoms with Crippen molar-refractivity contribution in [2.45, 2.75) is 44.6 Å². The van der Waals surface area contributed by atoms with E-state index in [1.54, 1.807) is 0 Å². The van der Waals surface area contributed by atoms with E-state index in [2.05, 4.69) is 16.4 Å². The number of H-pyrrole nitrogens is 1. The van der Waals surface area contributed by atoms with Crippen LogP contribution < -0.4 is 10.1 Å². The Balaban J connectivity index is 1.57. The summed E-state index contributed by atoms with van der Waals surface area (Å²) in [5, 5.41) is 13.5. The van der Waals surface area contributed by atoms with Crippen molar-refractivity contribution < 1.29 is 14.6 Å². The Labute approximate surface area is 141 Å². The molecule has 0 amide bonds. The molecule has 1 aliphatic carbocycles. The van der Waals surface area contributed by atoms with Crippen molar-refractivity contribution in [1.82, 2.24) is 10.3 Å². The molecule has 1 unspecified atom stereocenters. The van der Waals surface area contributed by atoms with Crippen molar-refractivity contribution in [3.63, 3.8) is 0 Å². The summed E-state index contributed by atoms with van der Waals surface area (Å²) in [5.41, 5.74) is 2.88. The second-order valence-corrected chi connectivity index (χ2v) is 7.02. The molecule has 0 saturated heterocycles. The monoisotopic (exact) mass is 328 g/mol. The minimum atomic E-state index is -0.837. The van der Waals surface area contributed by atoms with Crippen LogP contribution in [-0.4, -0.2) is 29.2 Å². The zero-order valence-electron chi connectivity index (χ0n) is 13.8. The van der Waals surface area contributed by atoms with Gasteiger partial charge in [0.2, 0.25) is 0 Å². The molecule has 0 spiro atoms. The largest absolute Gasteiger partial charge is 0.493 e. The molecule has 4 rings (SSSR count). The average Bonchev–Trinajstić information content (AvgIpc) is 2.98. The van der Waals surface area contributed by atoms with E-state index in [-0.39, 0.29) is 0 Å². The number of aliphatic carboxylic acids is 1. The predicted octanol–water partition coefficient (Wildman–Crippen LogP) is 3.40. The maximum atomic E-state index is 11.4. The number of carbonyl (C=O) groups is 1. The van der Waals surface area contributed by atoms with Crippen LogP contribution in [0.1, 0.15) is 49.4 Å². The van der Waals surface area contributed by atoms with Gasteiger partial charge in [-0.15, -0.1) is 0 Å². The summed E-state index contributed by atoms with van der Waals surface area (Å²) in [5.74, 6) is 0.728. The summed E-state index contributed by atoms with van der Waals surface area (Å²) in [7, 11) is 0. The average molecular weight is 328 g/mol. The molecule has 1 aliphatic heterocycles. The third-order valence-electron chi connectivity index (χ3n) is 5.38. The Morgan fingerprint density at radius 3 is 2.88 bits per heavy atom. The fraction of sp³-hybridized carbons (Fsp3) is 0.526. The van der Waals surface area contributed by atoms with Gasteiger partial charge in [0.25, 0.3) is 0 Å². The molecule has 128 valence electrons. The fourth-order valence-corrected chi connectivity index (χ4v) is 4.08. The lowest BCUT2D eigenvalue weighted by molar-refractivity contribution is -0.139. The number of rotatable bonds is 4. The van der Waals surface area contributed by atoms with Crippen LogP contribution in [0.2, 0.25) is 0 Å². The summed E-state index contributed by atoms with van der Waals surface area (Å²) >= 11 is 0. The van der Waals surface area contributed by atoms with Gasteiger partial charge in [-0.3, -0.25) is 10.1 Å². The maximum Gasteiger partial charge on any atom is 0.326 e. The molecule has 1 atom stereocenters. The zero-order valence-corrected chi connectivity index (χ0v) is 13.8. The smallest absolute Gasteiger partial charge is 0.326 e. The number of carboxylic acid groups (broad SMARTS) is 1. The van der Waals surface area contributed by atoms with Crippen molar-refractivity contribution in [1.29, 1.82) is 0 Å². The van der Waals surface area contributed by atoms with Gasteiger partial charge in [0.05, 0.1) is 6.61 Å². The molecule has 1 aromatic heterocycles. The van der Waals surface area contributed by atoms with Gasteiger partial charge in [0, 0.05) is 23.1 Å². The number of nitrogens with one attached hydrogen (secondary N) is 2. The standard InChI is InChI=1S/C19H24N2O3/c22-19(23)18-17-14(8-9-20-18)15-10-13(6-7-16(15)21-17)24-11-12-4-2-1-3-5-12/h6-7,10,12,18,20-21H,1-5,8-9,11H2,(H,22,23). The highest BCUT2D eigenvalue weighted by Crippen LogP contribution is 2.33. The molecule has 24 heavy (non-hydrogen) atoms. The third-order valence-corrected chi connectivity index (χ3v) is 5.38. The van der Waals surface area contributed by atoms with E-state index < -0.39 is 12.0 Å². The lowest BCUT2D eigenvalue weighted by atomic mass is 9.90. The van der Waals surface area contributed by atoms with E-state index in [9.17, 15) is 9.90 Å². The highest BCUT2D eigenvalue weighted by molar-refractivity contribution is 5.89. The normalized spacial score (nSPS) is 21.6. The molecule has 5 nitrogen and oxygen atoms in total. The molecule has 1 aromatic carbocycles. The molecule has 0 bridgehead atoms. The van der Waals surface area contributed by atoms with E-state index in [4.69, 9.17) is 4.74 Å². The van der Waals surface area contributed by atoms with Crippen molar-refractivity contribution in [2.24, 2.45) is 5.92 Å². The molecule has 1 fully saturated rings. The number of hydrogen-bond acceptors (Lipinski definition) is 3. The van der Waals surface area contributed by atoms with Gasteiger partial charge in [-0.25, -0.2) is 0 Å². The Morgan fingerprint density at radius 2 is 2.08 bits per heavy atom. The summed E-state index contributed by atoms with van der Waals surface area (Å²) in [6.45, 7) is 1.47. The first-order chi connectivity index (χ1) is 11.7. The topological polar surface area (TPSA) is 74.4 Å².